The normalized spacial score (nSPS) is 17.3. The Balaban J connectivity index is 1.71. The topological polar surface area (TPSA) is 59.5 Å². The molecule has 1 aromatic carbocycles. The van der Waals surface area contributed by atoms with Gasteiger partial charge in [-0.05, 0) is 29.7 Å². The van der Waals surface area contributed by atoms with Gasteiger partial charge in [0, 0.05) is 12.3 Å². The number of nitrogens with zero attached hydrogens (tertiary/aromatic N) is 2. The molecule has 0 unspecified atom stereocenters. The van der Waals surface area contributed by atoms with E-state index in [1.807, 2.05) is 30.3 Å². The summed E-state index contributed by atoms with van der Waals surface area (Å²) in [5, 5.41) is 0.379. The van der Waals surface area contributed by atoms with Gasteiger partial charge in [-0.3, -0.25) is 4.79 Å². The van der Waals surface area contributed by atoms with Crippen LogP contribution in [0.5, 0.6) is 0 Å². The lowest BCUT2D eigenvalue weighted by molar-refractivity contribution is -0.124. The van der Waals surface area contributed by atoms with Crippen LogP contribution in [0.2, 0.25) is 5.15 Å². The summed E-state index contributed by atoms with van der Waals surface area (Å²) in [4.78, 5) is 29.4. The summed E-state index contributed by atoms with van der Waals surface area (Å²) < 4.78 is 5.04. The maximum absolute atomic E-state index is 12.4. The van der Waals surface area contributed by atoms with Crippen molar-refractivity contribution in [3.63, 3.8) is 0 Å². The number of carbonyl (C=O) groups excluding carboxylic acids is 2. The molecule has 3 rings (SSSR count). The maximum atomic E-state index is 12.4. The Morgan fingerprint density at radius 1 is 1.29 bits per heavy atom. The van der Waals surface area contributed by atoms with Gasteiger partial charge >= 0.3 is 6.09 Å². The summed E-state index contributed by atoms with van der Waals surface area (Å²) in [7, 11) is 0. The van der Waals surface area contributed by atoms with Gasteiger partial charge in [-0.15, -0.1) is 0 Å². The van der Waals surface area contributed by atoms with Crippen LogP contribution >= 0.6 is 11.6 Å². The Bertz CT molecular complexity index is 760. The number of imide groups is 1. The molecular weight excluding hydrogens is 328 g/mol. The van der Waals surface area contributed by atoms with Crippen LogP contribution < -0.4 is 0 Å². The third kappa shape index (κ3) is 3.81. The smallest absolute Gasteiger partial charge is 0.417 e. The summed E-state index contributed by atoms with van der Waals surface area (Å²) >= 11 is 5.72. The van der Waals surface area contributed by atoms with Gasteiger partial charge < -0.3 is 4.74 Å². The molecule has 1 fully saturated rings. The molecule has 2 amide bonds. The molecule has 6 heteroatoms. The van der Waals surface area contributed by atoms with Crippen LogP contribution in [-0.4, -0.2) is 34.5 Å². The van der Waals surface area contributed by atoms with E-state index in [2.05, 4.69) is 4.98 Å². The molecular formula is C18H15ClN2O3. The number of amides is 2. The third-order valence-corrected chi connectivity index (χ3v) is 3.90. The minimum Gasteiger partial charge on any atom is -0.447 e. The van der Waals surface area contributed by atoms with E-state index in [0.29, 0.717) is 11.6 Å². The number of benzene rings is 1. The van der Waals surface area contributed by atoms with Gasteiger partial charge in [0.2, 0.25) is 0 Å². The first-order valence-corrected chi connectivity index (χ1v) is 7.85. The van der Waals surface area contributed by atoms with E-state index in [9.17, 15) is 9.59 Å². The van der Waals surface area contributed by atoms with Gasteiger partial charge in [-0.1, -0.05) is 48.0 Å². The molecule has 0 N–H and O–H groups in total. The van der Waals surface area contributed by atoms with Crippen LogP contribution in [0, 0.1) is 0 Å². The van der Waals surface area contributed by atoms with Crippen LogP contribution in [0.3, 0.4) is 0 Å². The highest BCUT2D eigenvalue weighted by Crippen LogP contribution is 2.18. The fourth-order valence-corrected chi connectivity index (χ4v) is 2.61. The van der Waals surface area contributed by atoms with E-state index in [0.717, 1.165) is 16.0 Å². The van der Waals surface area contributed by atoms with Crippen LogP contribution in [-0.2, 0) is 16.0 Å². The summed E-state index contributed by atoms with van der Waals surface area (Å²) in [6.07, 6.45) is 4.44. The van der Waals surface area contributed by atoms with E-state index >= 15 is 0 Å². The molecule has 1 aromatic heterocycles. The predicted molar refractivity (Wildman–Crippen MR) is 90.4 cm³/mol. The number of cyclic esters (lactones) is 1. The van der Waals surface area contributed by atoms with Gasteiger partial charge in [0.25, 0.3) is 5.91 Å². The van der Waals surface area contributed by atoms with Crippen LogP contribution in [0.1, 0.15) is 11.1 Å². The predicted octanol–water partition coefficient (Wildman–Crippen LogP) is 3.34. The Morgan fingerprint density at radius 2 is 2.08 bits per heavy atom. The molecule has 1 aliphatic heterocycles. The Kier molecular flexibility index (Phi) is 4.91. The lowest BCUT2D eigenvalue weighted by atomic mass is 10.1. The van der Waals surface area contributed by atoms with Gasteiger partial charge in [0.05, 0.1) is 6.04 Å². The summed E-state index contributed by atoms with van der Waals surface area (Å²) in [6, 6.07) is 12.8. The van der Waals surface area contributed by atoms with Crippen molar-refractivity contribution in [3.05, 3.63) is 71.0 Å². The first kappa shape index (κ1) is 16.2. The van der Waals surface area contributed by atoms with Crippen molar-refractivity contribution in [2.75, 3.05) is 6.61 Å². The molecule has 0 radical (unpaired) electrons. The Morgan fingerprint density at radius 3 is 2.79 bits per heavy atom. The quantitative estimate of drug-likeness (QED) is 0.631. The van der Waals surface area contributed by atoms with Gasteiger partial charge in [0.1, 0.15) is 11.8 Å². The highest BCUT2D eigenvalue weighted by atomic mass is 35.5. The lowest BCUT2D eigenvalue weighted by Gasteiger charge is -2.18. The van der Waals surface area contributed by atoms with E-state index in [1.54, 1.807) is 24.4 Å². The minimum atomic E-state index is -0.611. The average molecular weight is 343 g/mol. The minimum absolute atomic E-state index is 0.204. The number of hydrogen-bond acceptors (Lipinski definition) is 4. The molecule has 1 atom stereocenters. The molecule has 0 saturated carbocycles. The third-order valence-electron chi connectivity index (χ3n) is 3.68. The second-order valence-corrected chi connectivity index (χ2v) is 5.76. The summed E-state index contributed by atoms with van der Waals surface area (Å²) in [5.41, 5.74) is 1.77. The fourth-order valence-electron chi connectivity index (χ4n) is 2.50. The number of pyridine rings is 1. The van der Waals surface area contributed by atoms with E-state index < -0.39 is 12.0 Å². The number of ether oxygens (including phenoxy) is 1. The van der Waals surface area contributed by atoms with Gasteiger partial charge in [-0.2, -0.15) is 0 Å². The average Bonchev–Trinajstić information content (AvgIpc) is 2.95. The SMILES string of the molecule is O=C(/C=C/c1ccc(Cl)nc1)N1C(=O)OC[C@H]1Cc1ccccc1. The van der Waals surface area contributed by atoms with Gasteiger partial charge in [0.15, 0.2) is 0 Å². The molecule has 2 aromatic rings. The molecule has 5 nitrogen and oxygen atoms in total. The molecule has 1 saturated heterocycles. The Labute approximate surface area is 144 Å². The lowest BCUT2D eigenvalue weighted by Crippen LogP contribution is -2.39. The van der Waals surface area contributed by atoms with Crippen molar-refractivity contribution in [2.45, 2.75) is 12.5 Å². The molecule has 0 spiro atoms. The zero-order chi connectivity index (χ0) is 16.9. The zero-order valence-electron chi connectivity index (χ0n) is 12.8. The fraction of sp³-hybridized carbons (Fsp3) is 0.167. The number of hydrogen-bond donors (Lipinski definition) is 0. The van der Waals surface area contributed by atoms with Crippen molar-refractivity contribution in [1.82, 2.24) is 9.88 Å². The standard InChI is InChI=1S/C18H15ClN2O3/c19-16-8-6-14(11-20-16)7-9-17(22)21-15(12-24-18(21)23)10-13-4-2-1-3-5-13/h1-9,11,15H,10,12H2/b9-7+/t15-/m1/s1. The molecule has 1 aliphatic rings. The highest BCUT2D eigenvalue weighted by Gasteiger charge is 2.36. The highest BCUT2D eigenvalue weighted by molar-refractivity contribution is 6.29. The molecule has 0 bridgehead atoms. The molecule has 2 heterocycles. The second kappa shape index (κ2) is 7.27. The number of rotatable bonds is 4. The van der Waals surface area contributed by atoms with E-state index in [1.165, 1.54) is 6.08 Å². The number of carbonyl (C=O) groups is 2. The van der Waals surface area contributed by atoms with Crippen molar-refractivity contribution in [2.24, 2.45) is 0 Å². The van der Waals surface area contributed by atoms with Crippen LogP contribution in [0.4, 0.5) is 4.79 Å². The van der Waals surface area contributed by atoms with Crippen LogP contribution in [0.15, 0.2) is 54.7 Å². The van der Waals surface area contributed by atoms with Crippen molar-refractivity contribution >= 4 is 29.7 Å². The molecule has 122 valence electrons. The first-order chi connectivity index (χ1) is 11.6. The van der Waals surface area contributed by atoms with Crippen molar-refractivity contribution < 1.29 is 14.3 Å². The zero-order valence-corrected chi connectivity index (χ0v) is 13.5. The first-order valence-electron chi connectivity index (χ1n) is 7.47. The van der Waals surface area contributed by atoms with Crippen LogP contribution in [0.25, 0.3) is 6.08 Å². The molecule has 24 heavy (non-hydrogen) atoms. The van der Waals surface area contributed by atoms with E-state index in [-0.39, 0.29) is 12.6 Å². The van der Waals surface area contributed by atoms with E-state index in [4.69, 9.17) is 16.3 Å². The van der Waals surface area contributed by atoms with Gasteiger partial charge in [-0.25, -0.2) is 14.7 Å². The van der Waals surface area contributed by atoms with Crippen molar-refractivity contribution in [3.8, 4) is 0 Å². The maximum Gasteiger partial charge on any atom is 0.417 e. The van der Waals surface area contributed by atoms with Crippen molar-refractivity contribution in [1.29, 1.82) is 0 Å². The summed E-state index contributed by atoms with van der Waals surface area (Å²) in [5.74, 6) is -0.409. The molecule has 0 aliphatic carbocycles. The summed E-state index contributed by atoms with van der Waals surface area (Å²) in [6.45, 7) is 0.204. The number of aromatic nitrogens is 1. The second-order valence-electron chi connectivity index (χ2n) is 5.38. The Hall–Kier alpha value is -2.66. The monoisotopic (exact) mass is 342 g/mol. The number of halogens is 1. The largest absolute Gasteiger partial charge is 0.447 e.